The highest BCUT2D eigenvalue weighted by atomic mass is 16.6. The van der Waals surface area contributed by atoms with Crippen LogP contribution in [-0.2, 0) is 16.1 Å². The number of carbonyl (C=O) groups is 2. The lowest BCUT2D eigenvalue weighted by molar-refractivity contribution is -0.125. The first-order valence-electron chi connectivity index (χ1n) is 9.27. The van der Waals surface area contributed by atoms with Crippen molar-refractivity contribution >= 4 is 17.7 Å². The van der Waals surface area contributed by atoms with Crippen molar-refractivity contribution in [3.63, 3.8) is 0 Å². The van der Waals surface area contributed by atoms with Gasteiger partial charge in [0, 0.05) is 12.2 Å². The summed E-state index contributed by atoms with van der Waals surface area (Å²) in [5.74, 6) is -0.177. The fraction of sp³-hybridized carbons (Fsp3) is 0.364. The fourth-order valence-electron chi connectivity index (χ4n) is 3.50. The van der Waals surface area contributed by atoms with Gasteiger partial charge >= 0.3 is 6.09 Å². The zero-order valence-corrected chi connectivity index (χ0v) is 16.1. The maximum absolute atomic E-state index is 13.0. The molecule has 3 rings (SSSR count). The zero-order valence-electron chi connectivity index (χ0n) is 16.1. The molecule has 5 nitrogen and oxygen atoms in total. The fourth-order valence-corrected chi connectivity index (χ4v) is 3.50. The van der Waals surface area contributed by atoms with E-state index < -0.39 is 11.6 Å². The molecule has 1 heterocycles. The number of hydrogen-bond donors (Lipinski definition) is 1. The molecule has 5 heteroatoms. The molecule has 1 aliphatic rings. The number of likely N-dealkylation sites (tertiary alicyclic amines) is 1. The van der Waals surface area contributed by atoms with Gasteiger partial charge in [-0.25, -0.2) is 4.79 Å². The van der Waals surface area contributed by atoms with Crippen molar-refractivity contribution in [2.24, 2.45) is 0 Å². The van der Waals surface area contributed by atoms with Crippen molar-refractivity contribution in [1.29, 1.82) is 0 Å². The van der Waals surface area contributed by atoms with Crippen molar-refractivity contribution < 1.29 is 14.3 Å². The van der Waals surface area contributed by atoms with Gasteiger partial charge in [-0.15, -0.1) is 0 Å². The summed E-state index contributed by atoms with van der Waals surface area (Å²) >= 11 is 0. The normalized spacial score (nSPS) is 19.0. The van der Waals surface area contributed by atoms with Gasteiger partial charge < -0.3 is 10.1 Å². The van der Waals surface area contributed by atoms with Gasteiger partial charge in [-0.05, 0) is 50.8 Å². The van der Waals surface area contributed by atoms with Crippen LogP contribution in [0, 0.1) is 13.8 Å². The number of ether oxygens (including phenoxy) is 1. The predicted molar refractivity (Wildman–Crippen MR) is 106 cm³/mol. The molecule has 0 bridgehead atoms. The quantitative estimate of drug-likeness (QED) is 0.871. The van der Waals surface area contributed by atoms with Crippen LogP contribution >= 0.6 is 0 Å². The third-order valence-electron chi connectivity index (χ3n) is 5.19. The number of anilines is 1. The van der Waals surface area contributed by atoms with E-state index in [0.29, 0.717) is 13.0 Å². The highest BCUT2D eigenvalue weighted by molar-refractivity contribution is 6.00. The van der Waals surface area contributed by atoms with Crippen molar-refractivity contribution in [2.75, 3.05) is 11.9 Å². The monoisotopic (exact) mass is 366 g/mol. The highest BCUT2D eigenvalue weighted by Crippen LogP contribution is 2.31. The topological polar surface area (TPSA) is 58.6 Å². The standard InChI is InChI=1S/C22H26N2O3/c1-16-10-11-19(17(2)14-16)23-20(25)22(3)12-7-13-24(22)21(26)27-15-18-8-5-4-6-9-18/h4-6,8-11,14H,7,12-13,15H2,1-3H3,(H,23,25). The van der Waals surface area contributed by atoms with E-state index in [4.69, 9.17) is 4.74 Å². The Labute approximate surface area is 160 Å². The Balaban J connectivity index is 1.69. The Morgan fingerprint density at radius 2 is 1.89 bits per heavy atom. The van der Waals surface area contributed by atoms with Crippen LogP contribution in [-0.4, -0.2) is 29.0 Å². The zero-order chi connectivity index (χ0) is 19.4. The van der Waals surface area contributed by atoms with E-state index in [1.54, 1.807) is 4.90 Å². The van der Waals surface area contributed by atoms with E-state index >= 15 is 0 Å². The molecule has 2 aromatic rings. The van der Waals surface area contributed by atoms with E-state index in [2.05, 4.69) is 5.32 Å². The summed E-state index contributed by atoms with van der Waals surface area (Å²) in [6, 6.07) is 15.4. The lowest BCUT2D eigenvalue weighted by Gasteiger charge is -2.33. The molecule has 2 amide bonds. The van der Waals surface area contributed by atoms with Gasteiger partial charge in [-0.2, -0.15) is 0 Å². The van der Waals surface area contributed by atoms with Gasteiger partial charge in [0.2, 0.25) is 5.91 Å². The van der Waals surface area contributed by atoms with Crippen molar-refractivity contribution in [3.8, 4) is 0 Å². The molecule has 0 aromatic heterocycles. The first-order chi connectivity index (χ1) is 12.9. The molecule has 1 unspecified atom stereocenters. The maximum Gasteiger partial charge on any atom is 0.410 e. The summed E-state index contributed by atoms with van der Waals surface area (Å²) in [6.07, 6.45) is 0.941. The lowest BCUT2D eigenvalue weighted by atomic mass is 9.97. The van der Waals surface area contributed by atoms with E-state index in [1.165, 1.54) is 0 Å². The number of nitrogens with one attached hydrogen (secondary N) is 1. The highest BCUT2D eigenvalue weighted by Gasteiger charge is 2.46. The van der Waals surface area contributed by atoms with E-state index in [9.17, 15) is 9.59 Å². The van der Waals surface area contributed by atoms with Crippen LogP contribution in [0.25, 0.3) is 0 Å². The SMILES string of the molecule is Cc1ccc(NC(=O)C2(C)CCCN2C(=O)OCc2ccccc2)c(C)c1. The molecule has 27 heavy (non-hydrogen) atoms. The van der Waals surface area contributed by atoms with Crippen LogP contribution in [0.4, 0.5) is 10.5 Å². The van der Waals surface area contributed by atoms with Gasteiger partial charge in [0.1, 0.15) is 12.1 Å². The van der Waals surface area contributed by atoms with Crippen LogP contribution in [0.3, 0.4) is 0 Å². The second kappa shape index (κ2) is 7.82. The predicted octanol–water partition coefficient (Wildman–Crippen LogP) is 4.43. The molecule has 142 valence electrons. The number of hydrogen-bond acceptors (Lipinski definition) is 3. The molecule has 1 aliphatic heterocycles. The minimum Gasteiger partial charge on any atom is -0.445 e. The summed E-state index contributed by atoms with van der Waals surface area (Å²) in [5, 5.41) is 2.99. The number of rotatable bonds is 4. The second-order valence-corrected chi connectivity index (χ2v) is 7.34. The Bertz CT molecular complexity index is 835. The van der Waals surface area contributed by atoms with Crippen molar-refractivity contribution in [1.82, 2.24) is 4.90 Å². The molecular weight excluding hydrogens is 340 g/mol. The van der Waals surface area contributed by atoms with E-state index in [1.807, 2.05) is 69.3 Å². The molecule has 2 aromatic carbocycles. The Hall–Kier alpha value is -2.82. The number of aryl methyl sites for hydroxylation is 2. The van der Waals surface area contributed by atoms with Crippen LogP contribution in [0.2, 0.25) is 0 Å². The minimum atomic E-state index is -0.912. The van der Waals surface area contributed by atoms with Crippen LogP contribution in [0.5, 0.6) is 0 Å². The third-order valence-corrected chi connectivity index (χ3v) is 5.19. The third kappa shape index (κ3) is 4.13. The number of carbonyl (C=O) groups excluding carboxylic acids is 2. The smallest absolute Gasteiger partial charge is 0.410 e. The maximum atomic E-state index is 13.0. The van der Waals surface area contributed by atoms with Gasteiger partial charge in [0.25, 0.3) is 0 Å². The molecule has 1 saturated heterocycles. The van der Waals surface area contributed by atoms with Crippen LogP contribution in [0.1, 0.15) is 36.5 Å². The van der Waals surface area contributed by atoms with Gasteiger partial charge in [0.15, 0.2) is 0 Å². The second-order valence-electron chi connectivity index (χ2n) is 7.34. The lowest BCUT2D eigenvalue weighted by Crippen LogP contribution is -2.53. The Morgan fingerprint density at radius 1 is 1.15 bits per heavy atom. The van der Waals surface area contributed by atoms with E-state index in [-0.39, 0.29) is 12.5 Å². The summed E-state index contributed by atoms with van der Waals surface area (Å²) in [7, 11) is 0. The number of nitrogens with zero attached hydrogens (tertiary/aromatic N) is 1. The molecule has 1 fully saturated rings. The summed E-state index contributed by atoms with van der Waals surface area (Å²) in [4.78, 5) is 27.2. The van der Waals surface area contributed by atoms with Gasteiger partial charge in [0.05, 0.1) is 0 Å². The average Bonchev–Trinajstić information content (AvgIpc) is 3.06. The molecule has 0 aliphatic carbocycles. The minimum absolute atomic E-state index is 0.177. The molecule has 0 spiro atoms. The van der Waals surface area contributed by atoms with Gasteiger partial charge in [-0.1, -0.05) is 48.0 Å². The van der Waals surface area contributed by atoms with E-state index in [0.717, 1.165) is 28.8 Å². The van der Waals surface area contributed by atoms with Crippen LogP contribution in [0.15, 0.2) is 48.5 Å². The largest absolute Gasteiger partial charge is 0.445 e. The first-order valence-corrected chi connectivity index (χ1v) is 9.27. The summed E-state index contributed by atoms with van der Waals surface area (Å²) in [5.41, 5.74) is 2.93. The van der Waals surface area contributed by atoms with Crippen molar-refractivity contribution in [2.45, 2.75) is 45.8 Å². The molecule has 1 atom stereocenters. The number of benzene rings is 2. The summed E-state index contributed by atoms with van der Waals surface area (Å²) in [6.45, 7) is 6.50. The van der Waals surface area contributed by atoms with Gasteiger partial charge in [-0.3, -0.25) is 9.69 Å². The van der Waals surface area contributed by atoms with Crippen LogP contribution < -0.4 is 5.32 Å². The first kappa shape index (κ1) is 19.0. The summed E-state index contributed by atoms with van der Waals surface area (Å²) < 4.78 is 5.45. The Kier molecular flexibility index (Phi) is 5.49. The molecule has 0 saturated carbocycles. The van der Waals surface area contributed by atoms with Crippen molar-refractivity contribution in [3.05, 3.63) is 65.2 Å². The Morgan fingerprint density at radius 3 is 2.59 bits per heavy atom. The number of amides is 2. The molecule has 1 N–H and O–H groups in total. The molecular formula is C22H26N2O3. The average molecular weight is 366 g/mol. The molecule has 0 radical (unpaired) electrons.